The number of likely N-dealkylation sites (tertiary alicyclic amines) is 1. The van der Waals surface area contributed by atoms with Gasteiger partial charge < -0.3 is 21.7 Å². The Labute approximate surface area is 126 Å². The van der Waals surface area contributed by atoms with Gasteiger partial charge in [-0.05, 0) is 64.8 Å². The molecule has 1 aliphatic heterocycles. The molecular weight excluding hydrogens is 264 g/mol. The number of anilines is 2. The summed E-state index contributed by atoms with van der Waals surface area (Å²) in [6, 6.07) is 7.19. The van der Waals surface area contributed by atoms with Crippen LogP contribution < -0.4 is 16.8 Å². The van der Waals surface area contributed by atoms with E-state index in [2.05, 4.69) is 33.0 Å². The van der Waals surface area contributed by atoms with Crippen LogP contribution in [-0.2, 0) is 0 Å². The second kappa shape index (κ2) is 5.22. The lowest BCUT2D eigenvalue weighted by Gasteiger charge is -2.54. The van der Waals surface area contributed by atoms with Gasteiger partial charge in [-0.15, -0.1) is 0 Å². The molecule has 0 atom stereocenters. The minimum atomic E-state index is -0.279. The molecule has 0 spiro atoms. The average Bonchev–Trinajstić information content (AvgIpc) is 2.27. The molecule has 2 rings (SSSR count). The number of nitrogens with zero attached hydrogens (tertiary/aromatic N) is 1. The quantitative estimate of drug-likeness (QED) is 0.695. The van der Waals surface area contributed by atoms with Crippen molar-refractivity contribution in [2.75, 3.05) is 11.1 Å². The monoisotopic (exact) mass is 290 g/mol. The summed E-state index contributed by atoms with van der Waals surface area (Å²) in [5.41, 5.74) is 12.7. The number of nitrogens with two attached hydrogens (primary N) is 2. The van der Waals surface area contributed by atoms with E-state index in [4.69, 9.17) is 11.5 Å². The molecule has 0 aliphatic carbocycles. The number of rotatable bonds is 1. The highest BCUT2D eigenvalue weighted by atomic mass is 16.2. The van der Waals surface area contributed by atoms with Gasteiger partial charge in [-0.3, -0.25) is 0 Å². The van der Waals surface area contributed by atoms with Gasteiger partial charge in [-0.1, -0.05) is 0 Å². The largest absolute Gasteiger partial charge is 0.399 e. The van der Waals surface area contributed by atoms with E-state index < -0.39 is 0 Å². The second-order valence-corrected chi connectivity index (χ2v) is 7.18. The molecule has 5 nitrogen and oxygen atoms in total. The SMILES string of the molecule is CC1(C)CC(N)CC(C)(C)N1C(=O)Nc1ccc(N)cc1. The smallest absolute Gasteiger partial charge is 0.322 e. The Balaban J connectivity index is 2.21. The number of carbonyl (C=O) groups excluding carboxylic acids is 1. The molecule has 0 aromatic heterocycles. The van der Waals surface area contributed by atoms with Crippen molar-refractivity contribution >= 4 is 17.4 Å². The van der Waals surface area contributed by atoms with Gasteiger partial charge in [-0.25, -0.2) is 4.79 Å². The van der Waals surface area contributed by atoms with E-state index in [1.54, 1.807) is 12.1 Å². The van der Waals surface area contributed by atoms with Crippen LogP contribution in [-0.4, -0.2) is 28.1 Å². The molecule has 1 aromatic carbocycles. The van der Waals surface area contributed by atoms with Crippen LogP contribution in [0.25, 0.3) is 0 Å². The Morgan fingerprint density at radius 1 is 1.14 bits per heavy atom. The highest BCUT2D eigenvalue weighted by Crippen LogP contribution is 2.38. The minimum absolute atomic E-state index is 0.0957. The Hall–Kier alpha value is -1.75. The Kier molecular flexibility index (Phi) is 3.89. The predicted molar refractivity (Wildman–Crippen MR) is 87.1 cm³/mol. The van der Waals surface area contributed by atoms with Gasteiger partial charge in [0, 0.05) is 28.5 Å². The number of nitrogen functional groups attached to an aromatic ring is 1. The van der Waals surface area contributed by atoms with Gasteiger partial charge in [0.25, 0.3) is 0 Å². The number of hydrogen-bond donors (Lipinski definition) is 3. The molecule has 116 valence electrons. The number of benzene rings is 1. The first-order chi connectivity index (χ1) is 9.62. The zero-order valence-electron chi connectivity index (χ0n) is 13.3. The first kappa shape index (κ1) is 15.6. The van der Waals surface area contributed by atoms with E-state index in [0.29, 0.717) is 5.69 Å². The molecular formula is C16H26N4O. The molecule has 1 aromatic rings. The molecule has 2 amide bonds. The number of hydrogen-bond acceptors (Lipinski definition) is 3. The van der Waals surface area contributed by atoms with Crippen LogP contribution in [0.2, 0.25) is 0 Å². The van der Waals surface area contributed by atoms with E-state index in [9.17, 15) is 4.79 Å². The summed E-state index contributed by atoms with van der Waals surface area (Å²) >= 11 is 0. The molecule has 5 N–H and O–H groups in total. The number of urea groups is 1. The maximum atomic E-state index is 12.7. The first-order valence-electron chi connectivity index (χ1n) is 7.34. The summed E-state index contributed by atoms with van der Waals surface area (Å²) < 4.78 is 0. The van der Waals surface area contributed by atoms with Gasteiger partial charge in [-0.2, -0.15) is 0 Å². The van der Waals surface area contributed by atoms with E-state index >= 15 is 0 Å². The molecule has 1 saturated heterocycles. The minimum Gasteiger partial charge on any atom is -0.399 e. The highest BCUT2D eigenvalue weighted by Gasteiger charge is 2.46. The summed E-state index contributed by atoms with van der Waals surface area (Å²) in [6.45, 7) is 8.26. The van der Waals surface area contributed by atoms with E-state index in [1.807, 2.05) is 17.0 Å². The second-order valence-electron chi connectivity index (χ2n) is 7.18. The van der Waals surface area contributed by atoms with E-state index in [0.717, 1.165) is 18.5 Å². The Bertz CT molecular complexity index is 504. The van der Waals surface area contributed by atoms with Crippen LogP contribution in [0.4, 0.5) is 16.2 Å². The molecule has 1 aliphatic rings. The fourth-order valence-corrected chi connectivity index (χ4v) is 3.65. The number of amides is 2. The standard InChI is InChI=1S/C16H26N4O/c1-15(2)9-12(18)10-16(3,4)20(15)14(21)19-13-7-5-11(17)6-8-13/h5-8,12H,9-10,17-18H2,1-4H3,(H,19,21). The van der Waals surface area contributed by atoms with E-state index in [-0.39, 0.29) is 23.2 Å². The number of nitrogens with one attached hydrogen (secondary N) is 1. The summed E-state index contributed by atoms with van der Waals surface area (Å²) in [6.07, 6.45) is 1.59. The van der Waals surface area contributed by atoms with Crippen molar-refractivity contribution in [1.29, 1.82) is 0 Å². The molecule has 1 heterocycles. The molecule has 0 saturated carbocycles. The predicted octanol–water partition coefficient (Wildman–Crippen LogP) is 2.78. The third-order valence-electron chi connectivity index (χ3n) is 4.10. The van der Waals surface area contributed by atoms with Crippen molar-refractivity contribution in [3.8, 4) is 0 Å². The van der Waals surface area contributed by atoms with Crippen molar-refractivity contribution < 1.29 is 4.79 Å². The Morgan fingerprint density at radius 2 is 1.62 bits per heavy atom. The third-order valence-corrected chi connectivity index (χ3v) is 4.10. The molecule has 5 heteroatoms. The molecule has 1 fully saturated rings. The first-order valence-corrected chi connectivity index (χ1v) is 7.34. The maximum Gasteiger partial charge on any atom is 0.322 e. The topological polar surface area (TPSA) is 84.4 Å². The van der Waals surface area contributed by atoms with Gasteiger partial charge in [0.05, 0.1) is 0 Å². The summed E-state index contributed by atoms with van der Waals surface area (Å²) in [5.74, 6) is 0. The fourth-order valence-electron chi connectivity index (χ4n) is 3.65. The maximum absolute atomic E-state index is 12.7. The Morgan fingerprint density at radius 3 is 2.10 bits per heavy atom. The van der Waals surface area contributed by atoms with Crippen LogP contribution in [0.1, 0.15) is 40.5 Å². The zero-order valence-corrected chi connectivity index (χ0v) is 13.3. The van der Waals surface area contributed by atoms with Gasteiger partial charge in [0.15, 0.2) is 0 Å². The number of piperidine rings is 1. The van der Waals surface area contributed by atoms with Crippen LogP contribution in [0.3, 0.4) is 0 Å². The van der Waals surface area contributed by atoms with Crippen LogP contribution >= 0.6 is 0 Å². The molecule has 21 heavy (non-hydrogen) atoms. The zero-order chi connectivity index (χ0) is 15.8. The van der Waals surface area contributed by atoms with Crippen molar-refractivity contribution in [2.24, 2.45) is 5.73 Å². The summed E-state index contributed by atoms with van der Waals surface area (Å²) in [5, 5.41) is 2.96. The molecule has 0 bridgehead atoms. The molecule has 0 unspecified atom stereocenters. The molecule has 0 radical (unpaired) electrons. The van der Waals surface area contributed by atoms with Gasteiger partial charge in [0.2, 0.25) is 0 Å². The van der Waals surface area contributed by atoms with Crippen molar-refractivity contribution in [2.45, 2.75) is 57.7 Å². The van der Waals surface area contributed by atoms with Gasteiger partial charge in [0.1, 0.15) is 0 Å². The highest BCUT2D eigenvalue weighted by molar-refractivity contribution is 5.90. The lowest BCUT2D eigenvalue weighted by Crippen LogP contribution is -2.66. The van der Waals surface area contributed by atoms with Crippen LogP contribution in [0.15, 0.2) is 24.3 Å². The van der Waals surface area contributed by atoms with Crippen molar-refractivity contribution in [1.82, 2.24) is 4.90 Å². The van der Waals surface area contributed by atoms with Crippen LogP contribution in [0.5, 0.6) is 0 Å². The normalized spacial score (nSPS) is 21.1. The summed E-state index contributed by atoms with van der Waals surface area (Å²) in [4.78, 5) is 14.6. The number of carbonyl (C=O) groups is 1. The average molecular weight is 290 g/mol. The van der Waals surface area contributed by atoms with Crippen LogP contribution in [0, 0.1) is 0 Å². The van der Waals surface area contributed by atoms with Crippen molar-refractivity contribution in [3.63, 3.8) is 0 Å². The lowest BCUT2D eigenvalue weighted by atomic mass is 9.77. The third kappa shape index (κ3) is 3.29. The lowest BCUT2D eigenvalue weighted by molar-refractivity contribution is 0.00877. The van der Waals surface area contributed by atoms with Gasteiger partial charge >= 0.3 is 6.03 Å². The van der Waals surface area contributed by atoms with E-state index in [1.165, 1.54) is 0 Å². The summed E-state index contributed by atoms with van der Waals surface area (Å²) in [7, 11) is 0. The van der Waals surface area contributed by atoms with Crippen molar-refractivity contribution in [3.05, 3.63) is 24.3 Å². The fraction of sp³-hybridized carbons (Fsp3) is 0.562.